The Morgan fingerprint density at radius 2 is 2.12 bits per heavy atom. The van der Waals surface area contributed by atoms with Gasteiger partial charge in [0, 0.05) is 6.07 Å². The Hall–Kier alpha value is -1.84. The predicted octanol–water partition coefficient (Wildman–Crippen LogP) is 1.70. The van der Waals surface area contributed by atoms with E-state index in [1.54, 1.807) is 0 Å². The largest absolute Gasteiger partial charge is 0.507 e. The molecule has 3 rings (SSSR count). The summed E-state index contributed by atoms with van der Waals surface area (Å²) in [5, 5.41) is 9.61. The molecule has 1 N–H and O–H groups in total. The zero-order valence-corrected chi connectivity index (χ0v) is 8.74. The summed E-state index contributed by atoms with van der Waals surface area (Å²) in [6.07, 6.45) is 1.44. The van der Waals surface area contributed by atoms with Gasteiger partial charge in [-0.3, -0.25) is 9.59 Å². The third-order valence-electron chi connectivity index (χ3n) is 3.15. The highest BCUT2D eigenvalue weighted by molar-refractivity contribution is 6.11. The minimum absolute atomic E-state index is 0.0648. The third kappa shape index (κ3) is 1.04. The standard InChI is InChI=1S/C12H10O4/c1-6(13)7-4-8-10(5-9(7)14)16-12(2-3-12)11(8)15/h4-5,14H,2-3H2,1H3. The topological polar surface area (TPSA) is 63.6 Å². The first kappa shape index (κ1) is 9.39. The molecule has 0 aromatic heterocycles. The number of Topliss-reactive ketones (excluding diaryl/α,β-unsaturated/α-hetero) is 2. The fraction of sp³-hybridized carbons (Fsp3) is 0.333. The summed E-state index contributed by atoms with van der Waals surface area (Å²) in [6.45, 7) is 1.36. The van der Waals surface area contributed by atoms with Gasteiger partial charge in [0.1, 0.15) is 11.5 Å². The van der Waals surface area contributed by atoms with Crippen molar-refractivity contribution in [3.05, 3.63) is 23.3 Å². The van der Waals surface area contributed by atoms with E-state index in [9.17, 15) is 14.7 Å². The van der Waals surface area contributed by atoms with Crippen molar-refractivity contribution in [2.24, 2.45) is 0 Å². The van der Waals surface area contributed by atoms with Crippen molar-refractivity contribution in [1.82, 2.24) is 0 Å². The van der Waals surface area contributed by atoms with Gasteiger partial charge in [-0.05, 0) is 25.8 Å². The highest BCUT2D eigenvalue weighted by atomic mass is 16.5. The van der Waals surface area contributed by atoms with Crippen molar-refractivity contribution in [1.29, 1.82) is 0 Å². The quantitative estimate of drug-likeness (QED) is 0.729. The molecule has 1 aliphatic carbocycles. The van der Waals surface area contributed by atoms with E-state index in [0.717, 1.165) is 12.8 Å². The molecule has 1 heterocycles. The second-order valence-electron chi connectivity index (χ2n) is 4.35. The number of phenols is 1. The molecular weight excluding hydrogens is 208 g/mol. The molecule has 4 heteroatoms. The maximum absolute atomic E-state index is 11.9. The summed E-state index contributed by atoms with van der Waals surface area (Å²) >= 11 is 0. The third-order valence-corrected chi connectivity index (χ3v) is 3.15. The fourth-order valence-electron chi connectivity index (χ4n) is 2.06. The van der Waals surface area contributed by atoms with Crippen molar-refractivity contribution >= 4 is 11.6 Å². The number of carbonyl (C=O) groups is 2. The Labute approximate surface area is 91.8 Å². The summed E-state index contributed by atoms with van der Waals surface area (Å²) in [5.41, 5.74) is -0.0848. The van der Waals surface area contributed by atoms with Gasteiger partial charge in [0.2, 0.25) is 5.78 Å². The molecule has 1 aromatic rings. The van der Waals surface area contributed by atoms with Gasteiger partial charge in [-0.25, -0.2) is 0 Å². The fourth-order valence-corrected chi connectivity index (χ4v) is 2.06. The van der Waals surface area contributed by atoms with Gasteiger partial charge in [-0.1, -0.05) is 0 Å². The molecule has 0 amide bonds. The van der Waals surface area contributed by atoms with Crippen LogP contribution in [-0.4, -0.2) is 22.3 Å². The average Bonchev–Trinajstić information content (AvgIpc) is 2.92. The second kappa shape index (κ2) is 2.64. The minimum atomic E-state index is -0.676. The van der Waals surface area contributed by atoms with Gasteiger partial charge in [-0.2, -0.15) is 0 Å². The van der Waals surface area contributed by atoms with Crippen LogP contribution in [0.2, 0.25) is 0 Å². The van der Waals surface area contributed by atoms with E-state index in [1.165, 1.54) is 19.1 Å². The number of rotatable bonds is 1. The summed E-state index contributed by atoms with van der Waals surface area (Å²) in [6, 6.07) is 2.79. The Kier molecular flexibility index (Phi) is 1.55. The lowest BCUT2D eigenvalue weighted by Gasteiger charge is -2.05. The number of hydrogen-bond donors (Lipinski definition) is 1. The van der Waals surface area contributed by atoms with Crippen molar-refractivity contribution in [3.63, 3.8) is 0 Å². The molecule has 16 heavy (non-hydrogen) atoms. The Morgan fingerprint density at radius 1 is 1.44 bits per heavy atom. The maximum Gasteiger partial charge on any atom is 0.210 e. The highest BCUT2D eigenvalue weighted by Crippen LogP contribution is 2.50. The van der Waals surface area contributed by atoms with Crippen molar-refractivity contribution in [2.75, 3.05) is 0 Å². The zero-order valence-electron chi connectivity index (χ0n) is 8.74. The van der Waals surface area contributed by atoms with Crippen LogP contribution in [0.25, 0.3) is 0 Å². The molecule has 0 radical (unpaired) electrons. The molecule has 1 spiro atoms. The maximum atomic E-state index is 11.9. The smallest absolute Gasteiger partial charge is 0.210 e. The molecule has 0 unspecified atom stereocenters. The van der Waals surface area contributed by atoms with Crippen LogP contribution in [0.4, 0.5) is 0 Å². The van der Waals surface area contributed by atoms with Crippen LogP contribution in [0, 0.1) is 0 Å². The number of carbonyl (C=O) groups excluding carboxylic acids is 2. The molecule has 1 saturated carbocycles. The minimum Gasteiger partial charge on any atom is -0.507 e. The average molecular weight is 218 g/mol. The van der Waals surface area contributed by atoms with Gasteiger partial charge in [0.25, 0.3) is 0 Å². The zero-order chi connectivity index (χ0) is 11.5. The number of ketones is 2. The number of fused-ring (bicyclic) bond motifs is 1. The normalized spacial score (nSPS) is 19.4. The van der Waals surface area contributed by atoms with Crippen LogP contribution in [0.3, 0.4) is 0 Å². The molecule has 0 saturated heterocycles. The molecule has 1 aliphatic heterocycles. The van der Waals surface area contributed by atoms with Crippen molar-refractivity contribution in [2.45, 2.75) is 25.4 Å². The SMILES string of the molecule is CC(=O)c1cc2c(cc1O)OC1(CC1)C2=O. The molecular formula is C12H10O4. The number of ether oxygens (including phenoxy) is 1. The number of benzene rings is 1. The van der Waals surface area contributed by atoms with E-state index in [2.05, 4.69) is 0 Å². The molecule has 82 valence electrons. The van der Waals surface area contributed by atoms with Crippen LogP contribution in [0.15, 0.2) is 12.1 Å². The molecule has 1 fully saturated rings. The van der Waals surface area contributed by atoms with Crippen LogP contribution in [0.1, 0.15) is 40.5 Å². The van der Waals surface area contributed by atoms with E-state index in [0.29, 0.717) is 11.3 Å². The Bertz CT molecular complexity index is 526. The van der Waals surface area contributed by atoms with Crippen LogP contribution in [-0.2, 0) is 0 Å². The van der Waals surface area contributed by atoms with Gasteiger partial charge in [0.15, 0.2) is 11.4 Å². The molecule has 0 bridgehead atoms. The van der Waals surface area contributed by atoms with Crippen LogP contribution < -0.4 is 4.74 Å². The molecule has 1 aromatic carbocycles. The second-order valence-corrected chi connectivity index (χ2v) is 4.35. The van der Waals surface area contributed by atoms with Gasteiger partial charge >= 0.3 is 0 Å². The van der Waals surface area contributed by atoms with Gasteiger partial charge in [-0.15, -0.1) is 0 Å². The Balaban J connectivity index is 2.17. The summed E-state index contributed by atoms with van der Waals surface area (Å²) in [5.74, 6) is -0.0587. The Morgan fingerprint density at radius 3 is 2.69 bits per heavy atom. The van der Waals surface area contributed by atoms with E-state index in [4.69, 9.17) is 4.74 Å². The number of phenolic OH excluding ortho intramolecular Hbond substituents is 1. The highest BCUT2D eigenvalue weighted by Gasteiger charge is 2.57. The molecule has 2 aliphatic rings. The predicted molar refractivity (Wildman–Crippen MR) is 55.0 cm³/mol. The van der Waals surface area contributed by atoms with Gasteiger partial charge < -0.3 is 9.84 Å². The number of aromatic hydroxyl groups is 1. The van der Waals surface area contributed by atoms with E-state index < -0.39 is 5.60 Å². The van der Waals surface area contributed by atoms with E-state index in [1.807, 2.05) is 0 Å². The van der Waals surface area contributed by atoms with Crippen molar-refractivity contribution in [3.8, 4) is 11.5 Å². The monoisotopic (exact) mass is 218 g/mol. The summed E-state index contributed by atoms with van der Waals surface area (Å²) in [7, 11) is 0. The van der Waals surface area contributed by atoms with Crippen LogP contribution in [0.5, 0.6) is 11.5 Å². The summed E-state index contributed by atoms with van der Waals surface area (Å²) in [4.78, 5) is 23.2. The van der Waals surface area contributed by atoms with E-state index >= 15 is 0 Å². The number of hydrogen-bond acceptors (Lipinski definition) is 4. The van der Waals surface area contributed by atoms with Crippen molar-refractivity contribution < 1.29 is 19.4 Å². The first-order valence-electron chi connectivity index (χ1n) is 5.15. The first-order chi connectivity index (χ1) is 7.53. The molecule has 0 atom stereocenters. The lowest BCUT2D eigenvalue weighted by molar-refractivity contribution is 0.0820. The molecule has 4 nitrogen and oxygen atoms in total. The lowest BCUT2D eigenvalue weighted by Crippen LogP contribution is -2.21. The summed E-state index contributed by atoms with van der Waals surface area (Å²) < 4.78 is 5.51. The van der Waals surface area contributed by atoms with E-state index in [-0.39, 0.29) is 22.9 Å². The first-order valence-corrected chi connectivity index (χ1v) is 5.15. The van der Waals surface area contributed by atoms with Gasteiger partial charge in [0.05, 0.1) is 11.1 Å². The van der Waals surface area contributed by atoms with Crippen LogP contribution >= 0.6 is 0 Å². The lowest BCUT2D eigenvalue weighted by atomic mass is 10.0.